The van der Waals surface area contributed by atoms with E-state index in [2.05, 4.69) is 17.2 Å². The van der Waals surface area contributed by atoms with Crippen molar-refractivity contribution in [2.75, 3.05) is 11.9 Å². The third kappa shape index (κ3) is 4.72. The predicted octanol–water partition coefficient (Wildman–Crippen LogP) is 3.75. The van der Waals surface area contributed by atoms with Gasteiger partial charge in [-0.1, -0.05) is 35.9 Å². The highest BCUT2D eigenvalue weighted by molar-refractivity contribution is 7.80. The van der Waals surface area contributed by atoms with Crippen LogP contribution in [0, 0.1) is 0 Å². The molecule has 0 atom stereocenters. The molecule has 0 saturated carbocycles. The summed E-state index contributed by atoms with van der Waals surface area (Å²) in [5.74, 6) is -1.30. The van der Waals surface area contributed by atoms with E-state index in [1.54, 1.807) is 35.0 Å². The number of nitrogens with one attached hydrogen (secondary N) is 2. The zero-order chi connectivity index (χ0) is 23.5. The number of carbonyl (C=O) groups is 3. The lowest BCUT2D eigenvalue weighted by Crippen LogP contribution is -2.53. The number of aromatic nitrogens is 1. The number of para-hydroxylation sites is 1. The summed E-state index contributed by atoms with van der Waals surface area (Å²) in [6, 6.07) is 14.3. The number of benzene rings is 2. The summed E-state index contributed by atoms with van der Waals surface area (Å²) in [5.41, 5.74) is 2.01. The molecule has 4 rings (SSSR count). The molecule has 0 unspecified atom stereocenters. The summed E-state index contributed by atoms with van der Waals surface area (Å²) >= 11 is 11.0. The van der Waals surface area contributed by atoms with Gasteiger partial charge in [0.05, 0.1) is 0 Å². The Hall–Kier alpha value is -3.75. The standard InChI is InChI=1S/C24H19ClN4O3S/c1-2-11-29-23(32)19(22(31)27-24(29)33)12-15-13-28(20-6-4-3-5-18(15)20)14-21(30)26-17-9-7-16(25)8-10-17/h2-10,12-13H,1,11,14H2,(H,26,30)(H,27,31,33)/b19-12-. The first-order valence-corrected chi connectivity index (χ1v) is 10.8. The average Bonchev–Trinajstić information content (AvgIpc) is 3.13. The highest BCUT2D eigenvalue weighted by Crippen LogP contribution is 2.25. The van der Waals surface area contributed by atoms with E-state index in [0.29, 0.717) is 16.3 Å². The van der Waals surface area contributed by atoms with Crippen molar-refractivity contribution in [3.05, 3.63) is 83.5 Å². The van der Waals surface area contributed by atoms with Crippen LogP contribution in [0.4, 0.5) is 5.69 Å². The van der Waals surface area contributed by atoms with Crippen LogP contribution in [0.1, 0.15) is 5.56 Å². The number of rotatable bonds is 6. The Morgan fingerprint density at radius 2 is 1.88 bits per heavy atom. The van der Waals surface area contributed by atoms with Crippen LogP contribution in [0.5, 0.6) is 0 Å². The molecule has 33 heavy (non-hydrogen) atoms. The van der Waals surface area contributed by atoms with Gasteiger partial charge in [-0.15, -0.1) is 6.58 Å². The van der Waals surface area contributed by atoms with E-state index in [1.165, 1.54) is 17.1 Å². The van der Waals surface area contributed by atoms with Crippen molar-refractivity contribution in [3.8, 4) is 0 Å². The van der Waals surface area contributed by atoms with Gasteiger partial charge in [-0.05, 0) is 48.6 Å². The zero-order valence-corrected chi connectivity index (χ0v) is 18.9. The second-order valence-corrected chi connectivity index (χ2v) is 8.13. The lowest BCUT2D eigenvalue weighted by atomic mass is 10.1. The molecule has 2 heterocycles. The van der Waals surface area contributed by atoms with Gasteiger partial charge >= 0.3 is 0 Å². The molecule has 166 valence electrons. The minimum atomic E-state index is -0.567. The topological polar surface area (TPSA) is 83.4 Å². The average molecular weight is 479 g/mol. The number of carbonyl (C=O) groups excluding carboxylic acids is 3. The summed E-state index contributed by atoms with van der Waals surface area (Å²) in [6.45, 7) is 3.85. The molecule has 3 aromatic rings. The largest absolute Gasteiger partial charge is 0.337 e. The van der Waals surface area contributed by atoms with E-state index in [4.69, 9.17) is 23.8 Å². The SMILES string of the molecule is C=CCN1C(=O)/C(=C\c2cn(CC(=O)Nc3ccc(Cl)cc3)c3ccccc23)C(=O)NC1=S. The van der Waals surface area contributed by atoms with E-state index < -0.39 is 11.8 Å². The van der Waals surface area contributed by atoms with Gasteiger partial charge in [-0.2, -0.15) is 0 Å². The van der Waals surface area contributed by atoms with E-state index in [0.717, 1.165) is 10.9 Å². The van der Waals surface area contributed by atoms with Gasteiger partial charge < -0.3 is 9.88 Å². The van der Waals surface area contributed by atoms with E-state index in [9.17, 15) is 14.4 Å². The summed E-state index contributed by atoms with van der Waals surface area (Å²) in [6.07, 6.45) is 4.79. The maximum atomic E-state index is 12.9. The smallest absolute Gasteiger partial charge is 0.265 e. The molecule has 2 aromatic carbocycles. The number of hydrogen-bond acceptors (Lipinski definition) is 4. The molecule has 1 fully saturated rings. The van der Waals surface area contributed by atoms with E-state index in [1.807, 2.05) is 24.3 Å². The molecule has 9 heteroatoms. The maximum absolute atomic E-state index is 12.9. The van der Waals surface area contributed by atoms with E-state index in [-0.39, 0.29) is 29.7 Å². The van der Waals surface area contributed by atoms with Crippen LogP contribution in [0.15, 0.2) is 73.0 Å². The molecule has 0 bridgehead atoms. The highest BCUT2D eigenvalue weighted by atomic mass is 35.5. The zero-order valence-electron chi connectivity index (χ0n) is 17.4. The molecular weight excluding hydrogens is 460 g/mol. The molecule has 0 aliphatic carbocycles. The van der Waals surface area contributed by atoms with Crippen LogP contribution in [-0.2, 0) is 20.9 Å². The Bertz CT molecular complexity index is 1330. The lowest BCUT2D eigenvalue weighted by molar-refractivity contribution is -0.128. The highest BCUT2D eigenvalue weighted by Gasteiger charge is 2.32. The first-order chi connectivity index (χ1) is 15.9. The number of halogens is 1. The molecule has 0 spiro atoms. The molecule has 1 aromatic heterocycles. The fourth-order valence-electron chi connectivity index (χ4n) is 3.55. The Kier molecular flexibility index (Phi) is 6.39. The lowest BCUT2D eigenvalue weighted by Gasteiger charge is -2.27. The van der Waals surface area contributed by atoms with Crippen molar-refractivity contribution in [1.29, 1.82) is 0 Å². The van der Waals surface area contributed by atoms with Crippen molar-refractivity contribution in [2.45, 2.75) is 6.54 Å². The number of fused-ring (bicyclic) bond motifs is 1. The second-order valence-electron chi connectivity index (χ2n) is 7.31. The molecule has 1 aliphatic rings. The minimum absolute atomic E-state index is 0.0408. The Labute approximate surface area is 200 Å². The first kappa shape index (κ1) is 22.4. The molecule has 1 aliphatic heterocycles. The van der Waals surface area contributed by atoms with Gasteiger partial charge in [-0.25, -0.2) is 0 Å². The molecule has 0 radical (unpaired) electrons. The number of nitrogens with zero attached hydrogens (tertiary/aromatic N) is 2. The van der Waals surface area contributed by atoms with Crippen LogP contribution < -0.4 is 10.6 Å². The molecule has 1 saturated heterocycles. The molecule has 7 nitrogen and oxygen atoms in total. The summed E-state index contributed by atoms with van der Waals surface area (Å²) in [5, 5.41) is 6.79. The predicted molar refractivity (Wildman–Crippen MR) is 133 cm³/mol. The summed E-state index contributed by atoms with van der Waals surface area (Å²) in [4.78, 5) is 39.3. The van der Waals surface area contributed by atoms with Crippen molar-refractivity contribution in [2.24, 2.45) is 0 Å². The van der Waals surface area contributed by atoms with Crippen LogP contribution in [-0.4, -0.2) is 38.8 Å². The van der Waals surface area contributed by atoms with Crippen LogP contribution in [0.25, 0.3) is 17.0 Å². The molecule has 2 N–H and O–H groups in total. The minimum Gasteiger partial charge on any atom is -0.337 e. The third-order valence-corrected chi connectivity index (χ3v) is 5.63. The van der Waals surface area contributed by atoms with Crippen molar-refractivity contribution >= 4 is 69.3 Å². The number of amides is 3. The second kappa shape index (κ2) is 9.40. The van der Waals surface area contributed by atoms with Crippen LogP contribution in [0.2, 0.25) is 5.02 Å². The monoisotopic (exact) mass is 478 g/mol. The van der Waals surface area contributed by atoms with Crippen LogP contribution >= 0.6 is 23.8 Å². The fraction of sp³-hybridized carbons (Fsp3) is 0.0833. The quantitative estimate of drug-likeness (QED) is 0.245. The summed E-state index contributed by atoms with van der Waals surface area (Å²) in [7, 11) is 0. The van der Waals surface area contributed by atoms with Gasteiger partial charge in [0.25, 0.3) is 11.8 Å². The molecule has 3 amide bonds. The van der Waals surface area contributed by atoms with E-state index >= 15 is 0 Å². The Morgan fingerprint density at radius 3 is 2.61 bits per heavy atom. The van der Waals surface area contributed by atoms with Crippen molar-refractivity contribution in [1.82, 2.24) is 14.8 Å². The Morgan fingerprint density at radius 1 is 1.15 bits per heavy atom. The van der Waals surface area contributed by atoms with Crippen LogP contribution in [0.3, 0.4) is 0 Å². The molecular formula is C24H19ClN4O3S. The first-order valence-electron chi connectivity index (χ1n) is 10.0. The van der Waals surface area contributed by atoms with Crippen molar-refractivity contribution < 1.29 is 14.4 Å². The fourth-order valence-corrected chi connectivity index (χ4v) is 3.93. The van der Waals surface area contributed by atoms with Gasteiger partial charge in [0.15, 0.2) is 5.11 Å². The number of anilines is 1. The van der Waals surface area contributed by atoms with Crippen molar-refractivity contribution in [3.63, 3.8) is 0 Å². The van der Waals surface area contributed by atoms with Gasteiger partial charge in [0.1, 0.15) is 12.1 Å². The third-order valence-electron chi connectivity index (χ3n) is 5.06. The normalized spacial score (nSPS) is 15.1. The maximum Gasteiger partial charge on any atom is 0.265 e. The van der Waals surface area contributed by atoms with Gasteiger partial charge in [-0.3, -0.25) is 24.6 Å². The number of thiocarbonyl (C=S) groups is 1. The van der Waals surface area contributed by atoms with Gasteiger partial charge in [0.2, 0.25) is 5.91 Å². The Balaban J connectivity index is 1.65. The number of hydrogen-bond donors (Lipinski definition) is 2. The summed E-state index contributed by atoms with van der Waals surface area (Å²) < 4.78 is 1.77. The van der Waals surface area contributed by atoms with Gasteiger partial charge in [0, 0.05) is 39.9 Å².